The van der Waals surface area contributed by atoms with Crippen molar-refractivity contribution in [3.8, 4) is 17.0 Å². The van der Waals surface area contributed by atoms with Gasteiger partial charge in [0.1, 0.15) is 5.75 Å². The minimum atomic E-state index is -0.390. The maximum atomic E-state index is 11.2. The van der Waals surface area contributed by atoms with E-state index in [9.17, 15) is 10.1 Å². The number of rotatable bonds is 3. The van der Waals surface area contributed by atoms with E-state index in [0.29, 0.717) is 11.3 Å². The Morgan fingerprint density at radius 2 is 1.95 bits per heavy atom. The van der Waals surface area contributed by atoms with Crippen LogP contribution in [0.15, 0.2) is 54.7 Å². The molecule has 0 fully saturated rings. The van der Waals surface area contributed by atoms with Crippen molar-refractivity contribution in [2.45, 2.75) is 0 Å². The second-order valence-corrected chi connectivity index (χ2v) is 4.52. The summed E-state index contributed by atoms with van der Waals surface area (Å²) in [6.07, 6.45) is 1.65. The second kappa shape index (κ2) is 5.20. The number of fused-ring (bicyclic) bond motifs is 1. The zero-order chi connectivity index (χ0) is 14.8. The summed E-state index contributed by atoms with van der Waals surface area (Å²) in [6.45, 7) is 0. The Hall–Kier alpha value is -2.95. The largest absolute Gasteiger partial charge is 0.497 e. The fourth-order valence-electron chi connectivity index (χ4n) is 2.33. The SMILES string of the molecule is COc1ccc2c(-c3ccccc3[N+](=O)[O-])nccc2c1. The number of para-hydroxylation sites is 1. The molecule has 5 nitrogen and oxygen atoms in total. The zero-order valence-corrected chi connectivity index (χ0v) is 11.3. The molecular formula is C16H12N2O3. The zero-order valence-electron chi connectivity index (χ0n) is 11.3. The van der Waals surface area contributed by atoms with Crippen molar-refractivity contribution in [3.05, 3.63) is 64.8 Å². The van der Waals surface area contributed by atoms with Crippen LogP contribution in [0.1, 0.15) is 0 Å². The predicted octanol–water partition coefficient (Wildman–Crippen LogP) is 3.82. The van der Waals surface area contributed by atoms with E-state index in [2.05, 4.69) is 4.98 Å². The third kappa shape index (κ3) is 2.29. The molecule has 104 valence electrons. The molecule has 0 radical (unpaired) electrons. The Balaban J connectivity index is 2.29. The van der Waals surface area contributed by atoms with Gasteiger partial charge in [-0.05, 0) is 35.7 Å². The molecule has 3 rings (SSSR count). The molecule has 1 aromatic heterocycles. The molecule has 0 amide bonds. The lowest BCUT2D eigenvalue weighted by molar-refractivity contribution is -0.384. The lowest BCUT2D eigenvalue weighted by atomic mass is 10.0. The molecule has 3 aromatic rings. The minimum absolute atomic E-state index is 0.0494. The number of methoxy groups -OCH3 is 1. The number of nitrogens with zero attached hydrogens (tertiary/aromatic N) is 2. The monoisotopic (exact) mass is 280 g/mol. The van der Waals surface area contributed by atoms with Crippen LogP contribution >= 0.6 is 0 Å². The summed E-state index contributed by atoms with van der Waals surface area (Å²) in [5.41, 5.74) is 1.16. The molecule has 0 bridgehead atoms. The van der Waals surface area contributed by atoms with E-state index in [4.69, 9.17) is 4.74 Å². The summed E-state index contributed by atoms with van der Waals surface area (Å²) in [6, 6.07) is 14.0. The lowest BCUT2D eigenvalue weighted by Crippen LogP contribution is -1.94. The maximum Gasteiger partial charge on any atom is 0.278 e. The molecule has 0 saturated carbocycles. The van der Waals surface area contributed by atoms with Crippen LogP contribution in [0.2, 0.25) is 0 Å². The van der Waals surface area contributed by atoms with Gasteiger partial charge >= 0.3 is 0 Å². The van der Waals surface area contributed by atoms with E-state index in [-0.39, 0.29) is 10.6 Å². The molecule has 0 unspecified atom stereocenters. The molecule has 0 N–H and O–H groups in total. The molecule has 0 aliphatic carbocycles. The number of aromatic nitrogens is 1. The summed E-state index contributed by atoms with van der Waals surface area (Å²) >= 11 is 0. The highest BCUT2D eigenvalue weighted by molar-refractivity contribution is 5.97. The van der Waals surface area contributed by atoms with E-state index < -0.39 is 0 Å². The van der Waals surface area contributed by atoms with Gasteiger partial charge in [0.2, 0.25) is 0 Å². The van der Waals surface area contributed by atoms with Gasteiger partial charge < -0.3 is 4.74 Å². The summed E-state index contributed by atoms with van der Waals surface area (Å²) in [4.78, 5) is 15.1. The van der Waals surface area contributed by atoms with Crippen LogP contribution in [-0.2, 0) is 0 Å². The van der Waals surface area contributed by atoms with Gasteiger partial charge in [0, 0.05) is 17.6 Å². The number of pyridine rings is 1. The molecule has 0 aliphatic heterocycles. The highest BCUT2D eigenvalue weighted by Crippen LogP contribution is 2.34. The molecule has 5 heteroatoms. The highest BCUT2D eigenvalue weighted by atomic mass is 16.6. The van der Waals surface area contributed by atoms with Crippen LogP contribution in [0.4, 0.5) is 5.69 Å². The van der Waals surface area contributed by atoms with Crippen molar-refractivity contribution in [2.75, 3.05) is 7.11 Å². The Labute approximate surface area is 121 Å². The Morgan fingerprint density at radius 1 is 1.14 bits per heavy atom. The molecule has 0 aliphatic rings. The fourth-order valence-corrected chi connectivity index (χ4v) is 2.33. The number of nitro groups is 1. The Bertz CT molecular complexity index is 831. The quantitative estimate of drug-likeness (QED) is 0.540. The third-order valence-corrected chi connectivity index (χ3v) is 3.33. The second-order valence-electron chi connectivity index (χ2n) is 4.52. The summed E-state index contributed by atoms with van der Waals surface area (Å²) in [5.74, 6) is 0.738. The van der Waals surface area contributed by atoms with Gasteiger partial charge in [-0.3, -0.25) is 15.1 Å². The number of hydrogen-bond acceptors (Lipinski definition) is 4. The molecular weight excluding hydrogens is 268 g/mol. The molecule has 21 heavy (non-hydrogen) atoms. The fraction of sp³-hybridized carbons (Fsp3) is 0.0625. The third-order valence-electron chi connectivity index (χ3n) is 3.33. The van der Waals surface area contributed by atoms with Crippen LogP contribution in [0.3, 0.4) is 0 Å². The van der Waals surface area contributed by atoms with Gasteiger partial charge in [-0.25, -0.2) is 0 Å². The number of benzene rings is 2. The average molecular weight is 280 g/mol. The van der Waals surface area contributed by atoms with Crippen molar-refractivity contribution in [3.63, 3.8) is 0 Å². The van der Waals surface area contributed by atoms with Gasteiger partial charge in [0.15, 0.2) is 0 Å². The van der Waals surface area contributed by atoms with Crippen molar-refractivity contribution in [1.29, 1.82) is 0 Å². The Kier molecular flexibility index (Phi) is 3.23. The van der Waals surface area contributed by atoms with Gasteiger partial charge in [-0.15, -0.1) is 0 Å². The highest BCUT2D eigenvalue weighted by Gasteiger charge is 2.17. The summed E-state index contributed by atoms with van der Waals surface area (Å²) in [5, 5.41) is 13.0. The number of hydrogen-bond donors (Lipinski definition) is 0. The predicted molar refractivity (Wildman–Crippen MR) is 80.4 cm³/mol. The molecule has 2 aromatic carbocycles. The molecule has 0 spiro atoms. The average Bonchev–Trinajstić information content (AvgIpc) is 2.53. The summed E-state index contributed by atoms with van der Waals surface area (Å²) < 4.78 is 5.20. The van der Waals surface area contributed by atoms with E-state index in [1.54, 1.807) is 31.5 Å². The smallest absolute Gasteiger partial charge is 0.278 e. The van der Waals surface area contributed by atoms with E-state index in [1.807, 2.05) is 24.3 Å². The van der Waals surface area contributed by atoms with E-state index in [0.717, 1.165) is 16.5 Å². The van der Waals surface area contributed by atoms with Crippen molar-refractivity contribution in [2.24, 2.45) is 0 Å². The standard InChI is InChI=1S/C16H12N2O3/c1-21-12-6-7-13-11(10-12)8-9-17-16(13)14-4-2-3-5-15(14)18(19)20/h2-10H,1H3. The first-order chi connectivity index (χ1) is 10.2. The van der Waals surface area contributed by atoms with Crippen molar-refractivity contribution < 1.29 is 9.66 Å². The lowest BCUT2D eigenvalue weighted by Gasteiger charge is -2.08. The molecule has 0 atom stereocenters. The van der Waals surface area contributed by atoms with Gasteiger partial charge in [0.05, 0.1) is 23.3 Å². The van der Waals surface area contributed by atoms with Crippen LogP contribution in [0.25, 0.3) is 22.0 Å². The van der Waals surface area contributed by atoms with Crippen LogP contribution in [0, 0.1) is 10.1 Å². The molecule has 0 saturated heterocycles. The van der Waals surface area contributed by atoms with E-state index in [1.165, 1.54) is 6.07 Å². The Morgan fingerprint density at radius 3 is 2.71 bits per heavy atom. The normalized spacial score (nSPS) is 10.5. The summed E-state index contributed by atoms with van der Waals surface area (Å²) in [7, 11) is 1.60. The topological polar surface area (TPSA) is 65.3 Å². The van der Waals surface area contributed by atoms with Crippen molar-refractivity contribution in [1.82, 2.24) is 4.98 Å². The number of nitro benzene ring substituents is 1. The minimum Gasteiger partial charge on any atom is -0.497 e. The molecule has 1 heterocycles. The van der Waals surface area contributed by atoms with Crippen LogP contribution in [-0.4, -0.2) is 17.0 Å². The maximum absolute atomic E-state index is 11.2. The first-order valence-electron chi connectivity index (χ1n) is 6.37. The van der Waals surface area contributed by atoms with Gasteiger partial charge in [0.25, 0.3) is 5.69 Å². The van der Waals surface area contributed by atoms with Gasteiger partial charge in [-0.1, -0.05) is 12.1 Å². The van der Waals surface area contributed by atoms with Crippen LogP contribution in [0.5, 0.6) is 5.75 Å². The van der Waals surface area contributed by atoms with E-state index >= 15 is 0 Å². The van der Waals surface area contributed by atoms with Crippen molar-refractivity contribution >= 4 is 16.5 Å². The first kappa shape index (κ1) is 13.1. The van der Waals surface area contributed by atoms with Crippen LogP contribution < -0.4 is 4.74 Å². The first-order valence-corrected chi connectivity index (χ1v) is 6.37. The number of ether oxygens (including phenoxy) is 1. The van der Waals surface area contributed by atoms with Gasteiger partial charge in [-0.2, -0.15) is 0 Å².